The molecule has 4 rings (SSSR count). The van der Waals surface area contributed by atoms with Crippen molar-refractivity contribution in [3.63, 3.8) is 0 Å². The third-order valence-corrected chi connectivity index (χ3v) is 6.43. The molecule has 150 valence electrons. The quantitative estimate of drug-likeness (QED) is 0.450. The summed E-state index contributed by atoms with van der Waals surface area (Å²) >= 11 is 1.45. The van der Waals surface area contributed by atoms with Gasteiger partial charge in [0.15, 0.2) is 5.13 Å². The first kappa shape index (κ1) is 19.5. The number of hydrogen-bond acceptors (Lipinski definition) is 8. The number of nitrogens with zero attached hydrogens (tertiary/aromatic N) is 3. The zero-order valence-corrected chi connectivity index (χ0v) is 17.6. The van der Waals surface area contributed by atoms with Crippen molar-refractivity contribution >= 4 is 53.4 Å². The van der Waals surface area contributed by atoms with Crippen molar-refractivity contribution < 1.29 is 13.2 Å². The Kier molecular flexibility index (Phi) is 5.07. The highest BCUT2D eigenvalue weighted by Crippen LogP contribution is 2.34. The average Bonchev–Trinajstić information content (AvgIpc) is 3.08. The number of anilines is 2. The Hall–Kier alpha value is -2.82. The normalized spacial score (nSPS) is 12.0. The number of sulfonamides is 1. The molecule has 0 aliphatic carbocycles. The van der Waals surface area contributed by atoms with Gasteiger partial charge in [-0.05, 0) is 38.1 Å². The molecular formula is C19H19N5O3S2. The van der Waals surface area contributed by atoms with E-state index in [0.29, 0.717) is 27.6 Å². The first-order valence-corrected chi connectivity index (χ1v) is 11.2. The van der Waals surface area contributed by atoms with Crippen molar-refractivity contribution in [1.29, 1.82) is 0 Å². The zero-order chi connectivity index (χ0) is 20.6. The summed E-state index contributed by atoms with van der Waals surface area (Å²) < 4.78 is 34.3. The molecule has 4 aromatic rings. The molecule has 0 fully saturated rings. The Morgan fingerprint density at radius 3 is 2.48 bits per heavy atom. The predicted octanol–water partition coefficient (Wildman–Crippen LogP) is 3.68. The van der Waals surface area contributed by atoms with Gasteiger partial charge in [0, 0.05) is 6.04 Å². The van der Waals surface area contributed by atoms with Gasteiger partial charge in [0.2, 0.25) is 0 Å². The van der Waals surface area contributed by atoms with Gasteiger partial charge in [-0.15, -0.1) is 0 Å². The second kappa shape index (κ2) is 7.54. The average molecular weight is 430 g/mol. The van der Waals surface area contributed by atoms with E-state index in [2.05, 4.69) is 25.0 Å². The summed E-state index contributed by atoms with van der Waals surface area (Å²) in [5, 5.41) is 4.03. The van der Waals surface area contributed by atoms with Crippen LogP contribution in [0.15, 0.2) is 47.6 Å². The van der Waals surface area contributed by atoms with E-state index in [0.717, 1.165) is 10.2 Å². The van der Waals surface area contributed by atoms with Crippen LogP contribution >= 0.6 is 11.3 Å². The first-order chi connectivity index (χ1) is 13.9. The van der Waals surface area contributed by atoms with Crippen molar-refractivity contribution in [2.24, 2.45) is 0 Å². The lowest BCUT2D eigenvalue weighted by atomic mass is 10.2. The number of fused-ring (bicyclic) bond motifs is 2. The van der Waals surface area contributed by atoms with E-state index in [-0.39, 0.29) is 11.2 Å². The minimum Gasteiger partial charge on any atom is -0.496 e. The minimum absolute atomic E-state index is 0.287. The van der Waals surface area contributed by atoms with Crippen LogP contribution in [-0.4, -0.2) is 36.5 Å². The molecule has 10 heteroatoms. The van der Waals surface area contributed by atoms with Crippen LogP contribution in [0.25, 0.3) is 21.1 Å². The number of rotatable bonds is 6. The Morgan fingerprint density at radius 2 is 1.76 bits per heavy atom. The molecule has 8 nitrogen and oxygen atoms in total. The van der Waals surface area contributed by atoms with E-state index in [1.54, 1.807) is 39.2 Å². The van der Waals surface area contributed by atoms with Gasteiger partial charge in [-0.1, -0.05) is 29.5 Å². The Balaban J connectivity index is 1.89. The number of thiazole rings is 1. The molecular weight excluding hydrogens is 410 g/mol. The lowest BCUT2D eigenvalue weighted by Crippen LogP contribution is -2.31. The van der Waals surface area contributed by atoms with Crippen LogP contribution in [0.1, 0.15) is 13.8 Å². The third-order valence-electron chi connectivity index (χ3n) is 4.03. The molecule has 0 saturated heterocycles. The number of para-hydroxylation sites is 1. The van der Waals surface area contributed by atoms with E-state index < -0.39 is 10.0 Å². The smallest absolute Gasteiger partial charge is 0.276 e. The van der Waals surface area contributed by atoms with Crippen LogP contribution in [0.2, 0.25) is 0 Å². The predicted molar refractivity (Wildman–Crippen MR) is 114 cm³/mol. The van der Waals surface area contributed by atoms with Gasteiger partial charge in [-0.2, -0.15) is 4.98 Å². The Morgan fingerprint density at radius 1 is 1.00 bits per heavy atom. The maximum absolute atomic E-state index is 12.7. The maximum Gasteiger partial charge on any atom is 0.276 e. The second-order valence-electron chi connectivity index (χ2n) is 6.60. The number of nitrogens with one attached hydrogen (secondary N) is 2. The fourth-order valence-electron chi connectivity index (χ4n) is 2.90. The lowest BCUT2D eigenvalue weighted by molar-refractivity contribution is 0.419. The van der Waals surface area contributed by atoms with Crippen LogP contribution in [0.4, 0.5) is 10.9 Å². The van der Waals surface area contributed by atoms with Crippen LogP contribution in [0.5, 0.6) is 5.75 Å². The molecule has 2 N–H and O–H groups in total. The van der Waals surface area contributed by atoms with Gasteiger partial charge in [-0.3, -0.25) is 0 Å². The number of methoxy groups -OCH3 is 1. The molecule has 0 aliphatic heterocycles. The van der Waals surface area contributed by atoms with Crippen LogP contribution in [0.3, 0.4) is 0 Å². The monoisotopic (exact) mass is 429 g/mol. The van der Waals surface area contributed by atoms with Crippen molar-refractivity contribution in [2.45, 2.75) is 25.0 Å². The highest BCUT2D eigenvalue weighted by Gasteiger charge is 2.23. The number of ether oxygens (including phenoxy) is 1. The van der Waals surface area contributed by atoms with Gasteiger partial charge in [0.25, 0.3) is 15.2 Å². The fraction of sp³-hybridized carbons (Fsp3) is 0.211. The highest BCUT2D eigenvalue weighted by molar-refractivity contribution is 7.89. The summed E-state index contributed by atoms with van der Waals surface area (Å²) in [5.41, 5.74) is 1.30. The summed E-state index contributed by atoms with van der Waals surface area (Å²) in [5.74, 6) is 0.850. The van der Waals surface area contributed by atoms with Crippen molar-refractivity contribution in [2.75, 3.05) is 12.4 Å². The Labute approximate surface area is 172 Å². The molecule has 2 heterocycles. The number of benzene rings is 2. The van der Waals surface area contributed by atoms with Gasteiger partial charge in [-0.25, -0.2) is 23.1 Å². The Bertz CT molecular complexity index is 1270. The molecule has 29 heavy (non-hydrogen) atoms. The lowest BCUT2D eigenvalue weighted by Gasteiger charge is -2.13. The largest absolute Gasteiger partial charge is 0.496 e. The van der Waals surface area contributed by atoms with Crippen LogP contribution < -0.4 is 14.8 Å². The topological polar surface area (TPSA) is 106 Å². The molecule has 0 radical (unpaired) electrons. The van der Waals surface area contributed by atoms with Crippen LogP contribution in [-0.2, 0) is 10.0 Å². The van der Waals surface area contributed by atoms with E-state index >= 15 is 0 Å². The fourth-order valence-corrected chi connectivity index (χ4v) is 4.92. The molecule has 0 aliphatic rings. The molecule has 0 bridgehead atoms. The number of aromatic nitrogens is 3. The van der Waals surface area contributed by atoms with Crippen LogP contribution in [0, 0.1) is 0 Å². The second-order valence-corrected chi connectivity index (χ2v) is 9.24. The van der Waals surface area contributed by atoms with Crippen molar-refractivity contribution in [3.8, 4) is 5.75 Å². The highest BCUT2D eigenvalue weighted by atomic mass is 32.2. The molecule has 0 unspecified atom stereocenters. The zero-order valence-electron chi connectivity index (χ0n) is 16.0. The van der Waals surface area contributed by atoms with Gasteiger partial charge in [0.1, 0.15) is 11.6 Å². The molecule has 2 aromatic heterocycles. The van der Waals surface area contributed by atoms with E-state index in [1.165, 1.54) is 11.3 Å². The van der Waals surface area contributed by atoms with Crippen molar-refractivity contribution in [1.82, 2.24) is 19.7 Å². The summed E-state index contributed by atoms with van der Waals surface area (Å²) in [6.07, 6.45) is 0. The molecule has 0 spiro atoms. The molecule has 0 atom stereocenters. The molecule has 0 saturated carbocycles. The molecule has 2 aromatic carbocycles. The summed E-state index contributed by atoms with van der Waals surface area (Å²) in [4.78, 5) is 13.1. The van der Waals surface area contributed by atoms with Gasteiger partial charge in [0.05, 0.1) is 28.2 Å². The van der Waals surface area contributed by atoms with E-state index in [4.69, 9.17) is 4.74 Å². The van der Waals surface area contributed by atoms with Crippen molar-refractivity contribution in [3.05, 3.63) is 42.5 Å². The maximum atomic E-state index is 12.7. The minimum atomic E-state index is -3.88. The summed E-state index contributed by atoms with van der Waals surface area (Å²) in [6, 6.07) is 12.7. The summed E-state index contributed by atoms with van der Waals surface area (Å²) in [6.45, 7) is 3.48. The van der Waals surface area contributed by atoms with E-state index in [9.17, 15) is 8.42 Å². The third kappa shape index (κ3) is 3.86. The van der Waals surface area contributed by atoms with Gasteiger partial charge >= 0.3 is 0 Å². The first-order valence-electron chi connectivity index (χ1n) is 8.87. The van der Waals surface area contributed by atoms with Gasteiger partial charge < -0.3 is 10.1 Å². The molecule has 0 amide bonds. The SMILES string of the molecule is COc1cccc2nc(S(=O)(=O)NC(C)C)nc(Nc3nc4ccccc4s3)c12. The number of hydrogen-bond donors (Lipinski definition) is 2. The standard InChI is InChI=1S/C19H19N5O3S2/c1-11(2)24-29(25,26)19-21-13-8-6-9-14(27-3)16(13)17(23-19)22-18-20-12-7-4-5-10-15(12)28-18/h4-11,24H,1-3H3,(H,20,21,22,23). The summed E-state index contributed by atoms with van der Waals surface area (Å²) in [7, 11) is -2.34. The van der Waals surface area contributed by atoms with E-state index in [1.807, 2.05) is 24.3 Å².